The summed E-state index contributed by atoms with van der Waals surface area (Å²) in [5.74, 6) is -2.38. The van der Waals surface area contributed by atoms with Gasteiger partial charge in [0, 0.05) is 5.56 Å². The number of hydrogen-bond acceptors (Lipinski definition) is 3. The first-order valence-corrected chi connectivity index (χ1v) is 7.96. The Balaban J connectivity index is 1.85. The molecule has 1 aromatic heterocycles. The SMILES string of the molecule is O=C(Nc1cc(C(F)(F)F)ccc1F)c1cnc(-c2ccccc2F)s1. The van der Waals surface area contributed by atoms with Gasteiger partial charge in [-0.15, -0.1) is 11.3 Å². The lowest BCUT2D eigenvalue weighted by Crippen LogP contribution is -2.13. The van der Waals surface area contributed by atoms with E-state index in [-0.39, 0.29) is 15.4 Å². The van der Waals surface area contributed by atoms with Gasteiger partial charge in [-0.05, 0) is 30.3 Å². The van der Waals surface area contributed by atoms with Crippen LogP contribution in [-0.4, -0.2) is 10.9 Å². The van der Waals surface area contributed by atoms with Gasteiger partial charge in [-0.25, -0.2) is 13.8 Å². The first kappa shape index (κ1) is 18.0. The van der Waals surface area contributed by atoms with E-state index in [0.29, 0.717) is 18.2 Å². The third-order valence-electron chi connectivity index (χ3n) is 3.38. The van der Waals surface area contributed by atoms with Crippen molar-refractivity contribution in [3.05, 3.63) is 70.7 Å². The van der Waals surface area contributed by atoms with Gasteiger partial charge in [-0.2, -0.15) is 13.2 Å². The summed E-state index contributed by atoms with van der Waals surface area (Å²) >= 11 is 0.835. The molecule has 0 aliphatic carbocycles. The van der Waals surface area contributed by atoms with Crippen molar-refractivity contribution in [2.75, 3.05) is 5.32 Å². The second kappa shape index (κ2) is 6.83. The zero-order valence-electron chi connectivity index (χ0n) is 12.8. The monoisotopic (exact) mass is 384 g/mol. The van der Waals surface area contributed by atoms with E-state index in [1.807, 2.05) is 0 Å². The molecule has 0 aliphatic heterocycles. The Labute approximate surface area is 148 Å². The summed E-state index contributed by atoms with van der Waals surface area (Å²) in [4.78, 5) is 16.1. The van der Waals surface area contributed by atoms with E-state index in [1.54, 1.807) is 6.07 Å². The molecule has 0 atom stereocenters. The van der Waals surface area contributed by atoms with E-state index in [9.17, 15) is 26.7 Å². The second-order valence-electron chi connectivity index (χ2n) is 5.16. The molecule has 26 heavy (non-hydrogen) atoms. The van der Waals surface area contributed by atoms with Crippen molar-refractivity contribution in [3.63, 3.8) is 0 Å². The highest BCUT2D eigenvalue weighted by atomic mass is 32.1. The molecule has 3 aromatic rings. The largest absolute Gasteiger partial charge is 0.416 e. The highest BCUT2D eigenvalue weighted by Gasteiger charge is 2.31. The maximum Gasteiger partial charge on any atom is 0.416 e. The number of carbonyl (C=O) groups is 1. The van der Waals surface area contributed by atoms with Gasteiger partial charge in [-0.1, -0.05) is 12.1 Å². The van der Waals surface area contributed by atoms with Crippen LogP contribution in [0, 0.1) is 11.6 Å². The van der Waals surface area contributed by atoms with Crippen LogP contribution in [0.4, 0.5) is 27.6 Å². The zero-order chi connectivity index (χ0) is 18.9. The van der Waals surface area contributed by atoms with E-state index in [4.69, 9.17) is 0 Å². The third-order valence-corrected chi connectivity index (χ3v) is 4.41. The molecule has 0 fully saturated rings. The van der Waals surface area contributed by atoms with Crippen LogP contribution in [0.5, 0.6) is 0 Å². The van der Waals surface area contributed by atoms with Gasteiger partial charge in [-0.3, -0.25) is 4.79 Å². The van der Waals surface area contributed by atoms with Crippen LogP contribution in [0.25, 0.3) is 10.6 Å². The van der Waals surface area contributed by atoms with Crippen molar-refractivity contribution in [2.45, 2.75) is 6.18 Å². The Hall–Kier alpha value is -2.81. The number of rotatable bonds is 3. The Morgan fingerprint density at radius 2 is 1.77 bits per heavy atom. The average molecular weight is 384 g/mol. The predicted molar refractivity (Wildman–Crippen MR) is 86.9 cm³/mol. The fourth-order valence-electron chi connectivity index (χ4n) is 2.12. The van der Waals surface area contributed by atoms with Crippen molar-refractivity contribution < 1.29 is 26.7 Å². The molecule has 3 nitrogen and oxygen atoms in total. The molecule has 2 aromatic carbocycles. The van der Waals surface area contributed by atoms with Gasteiger partial charge in [0.25, 0.3) is 5.91 Å². The fourth-order valence-corrected chi connectivity index (χ4v) is 2.96. The standard InChI is InChI=1S/C17H9F5N2OS/c18-11-4-2-1-3-10(11)16-23-8-14(26-16)15(25)24-13-7-9(17(20,21)22)5-6-12(13)19/h1-8H,(H,24,25). The summed E-state index contributed by atoms with van der Waals surface area (Å²) in [5, 5.41) is 2.30. The molecule has 0 spiro atoms. The predicted octanol–water partition coefficient (Wildman–Crippen LogP) is 5.36. The molecule has 134 valence electrons. The normalized spacial score (nSPS) is 11.4. The lowest BCUT2D eigenvalue weighted by Gasteiger charge is -2.10. The molecule has 0 saturated carbocycles. The molecular weight excluding hydrogens is 375 g/mol. The number of anilines is 1. The van der Waals surface area contributed by atoms with Crippen LogP contribution in [0.3, 0.4) is 0 Å². The Kier molecular flexibility index (Phi) is 4.73. The maximum absolute atomic E-state index is 13.8. The summed E-state index contributed by atoms with van der Waals surface area (Å²) in [6, 6.07) is 7.50. The summed E-state index contributed by atoms with van der Waals surface area (Å²) in [6.07, 6.45) is -3.52. The topological polar surface area (TPSA) is 42.0 Å². The molecule has 0 radical (unpaired) electrons. The molecule has 0 saturated heterocycles. The summed E-state index contributed by atoms with van der Waals surface area (Å²) in [5.41, 5.74) is -1.52. The number of halogens is 5. The average Bonchev–Trinajstić information content (AvgIpc) is 3.06. The molecule has 1 amide bonds. The Morgan fingerprint density at radius 1 is 1.04 bits per heavy atom. The summed E-state index contributed by atoms with van der Waals surface area (Å²) < 4.78 is 65.6. The van der Waals surface area contributed by atoms with Gasteiger partial charge in [0.15, 0.2) is 0 Å². The number of nitrogens with zero attached hydrogens (tertiary/aromatic N) is 1. The molecule has 0 unspecified atom stereocenters. The number of hydrogen-bond donors (Lipinski definition) is 1. The minimum atomic E-state index is -4.67. The highest BCUT2D eigenvalue weighted by Crippen LogP contribution is 2.32. The number of aromatic nitrogens is 1. The van der Waals surface area contributed by atoms with Gasteiger partial charge in [0.2, 0.25) is 0 Å². The lowest BCUT2D eigenvalue weighted by molar-refractivity contribution is -0.137. The van der Waals surface area contributed by atoms with Gasteiger partial charge >= 0.3 is 6.18 Å². The van der Waals surface area contributed by atoms with E-state index < -0.39 is 35.0 Å². The molecular formula is C17H9F5N2OS. The number of benzene rings is 2. The van der Waals surface area contributed by atoms with Crippen LogP contribution >= 0.6 is 11.3 Å². The minimum absolute atomic E-state index is 0.0000600. The number of thiazole rings is 1. The van der Waals surface area contributed by atoms with Crippen molar-refractivity contribution in [1.82, 2.24) is 4.98 Å². The van der Waals surface area contributed by atoms with Crippen LogP contribution in [0.15, 0.2) is 48.7 Å². The first-order valence-electron chi connectivity index (χ1n) is 7.14. The minimum Gasteiger partial charge on any atom is -0.319 e. The maximum atomic E-state index is 13.8. The number of alkyl halides is 3. The van der Waals surface area contributed by atoms with E-state index >= 15 is 0 Å². The number of amides is 1. The van der Waals surface area contributed by atoms with Crippen LogP contribution in [0.1, 0.15) is 15.2 Å². The molecule has 3 rings (SSSR count). The molecule has 1 heterocycles. The quantitative estimate of drug-likeness (QED) is 0.618. The molecule has 1 N–H and O–H groups in total. The van der Waals surface area contributed by atoms with E-state index in [1.165, 1.54) is 18.2 Å². The number of nitrogens with one attached hydrogen (secondary N) is 1. The Morgan fingerprint density at radius 3 is 2.46 bits per heavy atom. The van der Waals surface area contributed by atoms with E-state index in [2.05, 4.69) is 10.3 Å². The fraction of sp³-hybridized carbons (Fsp3) is 0.0588. The summed E-state index contributed by atoms with van der Waals surface area (Å²) in [6.45, 7) is 0. The summed E-state index contributed by atoms with van der Waals surface area (Å²) in [7, 11) is 0. The van der Waals surface area contributed by atoms with Crippen molar-refractivity contribution >= 4 is 22.9 Å². The molecule has 9 heteroatoms. The molecule has 0 bridgehead atoms. The smallest absolute Gasteiger partial charge is 0.319 e. The van der Waals surface area contributed by atoms with Gasteiger partial charge in [0.05, 0.1) is 17.4 Å². The molecule has 0 aliphatic rings. The van der Waals surface area contributed by atoms with E-state index in [0.717, 1.165) is 17.5 Å². The highest BCUT2D eigenvalue weighted by molar-refractivity contribution is 7.17. The van der Waals surface area contributed by atoms with Crippen molar-refractivity contribution in [3.8, 4) is 10.6 Å². The van der Waals surface area contributed by atoms with Crippen LogP contribution < -0.4 is 5.32 Å². The van der Waals surface area contributed by atoms with Gasteiger partial charge in [0.1, 0.15) is 21.5 Å². The lowest BCUT2D eigenvalue weighted by atomic mass is 10.2. The van der Waals surface area contributed by atoms with Gasteiger partial charge < -0.3 is 5.32 Å². The van der Waals surface area contributed by atoms with Crippen molar-refractivity contribution in [1.29, 1.82) is 0 Å². The first-order chi connectivity index (χ1) is 12.3. The number of carbonyl (C=O) groups excluding carboxylic acids is 1. The van der Waals surface area contributed by atoms with Crippen LogP contribution in [0.2, 0.25) is 0 Å². The van der Waals surface area contributed by atoms with Crippen LogP contribution in [-0.2, 0) is 6.18 Å². The Bertz CT molecular complexity index is 968. The zero-order valence-corrected chi connectivity index (χ0v) is 13.6. The second-order valence-corrected chi connectivity index (χ2v) is 6.19. The third kappa shape index (κ3) is 3.72. The van der Waals surface area contributed by atoms with Crippen molar-refractivity contribution in [2.24, 2.45) is 0 Å².